The molecular formula is C19H28N2O3. The van der Waals surface area contributed by atoms with Crippen LogP contribution in [0.15, 0.2) is 24.3 Å². The lowest BCUT2D eigenvalue weighted by atomic mass is 9.96. The van der Waals surface area contributed by atoms with E-state index in [1.54, 1.807) is 0 Å². The summed E-state index contributed by atoms with van der Waals surface area (Å²) in [5.74, 6) is -0.157. The number of piperidine rings is 1. The fraction of sp³-hybridized carbons (Fsp3) is 0.579. The van der Waals surface area contributed by atoms with Crippen LogP contribution in [0.3, 0.4) is 0 Å². The number of hydrogen-bond donors (Lipinski definition) is 0. The van der Waals surface area contributed by atoms with Crippen molar-refractivity contribution >= 4 is 17.6 Å². The molecule has 1 fully saturated rings. The number of esters is 1. The van der Waals surface area contributed by atoms with Gasteiger partial charge in [0.05, 0.1) is 12.5 Å². The molecule has 0 radical (unpaired) electrons. The maximum Gasteiger partial charge on any atom is 0.309 e. The lowest BCUT2D eigenvalue weighted by Crippen LogP contribution is -2.40. The van der Waals surface area contributed by atoms with Gasteiger partial charge in [0.1, 0.15) is 0 Å². The van der Waals surface area contributed by atoms with Crippen LogP contribution in [-0.2, 0) is 9.53 Å². The Labute approximate surface area is 144 Å². The molecule has 1 saturated heterocycles. The fourth-order valence-corrected chi connectivity index (χ4v) is 3.16. The Morgan fingerprint density at radius 2 is 1.67 bits per heavy atom. The molecule has 1 aliphatic heterocycles. The van der Waals surface area contributed by atoms with Gasteiger partial charge in [-0.3, -0.25) is 9.59 Å². The number of anilines is 1. The number of carbonyl (C=O) groups is 2. The van der Waals surface area contributed by atoms with E-state index in [0.29, 0.717) is 38.1 Å². The summed E-state index contributed by atoms with van der Waals surface area (Å²) in [6, 6.07) is 7.80. The lowest BCUT2D eigenvalue weighted by Gasteiger charge is -2.31. The highest BCUT2D eigenvalue weighted by atomic mass is 16.5. The van der Waals surface area contributed by atoms with Gasteiger partial charge in [-0.1, -0.05) is 0 Å². The van der Waals surface area contributed by atoms with Crippen LogP contribution in [-0.4, -0.2) is 49.6 Å². The number of rotatable bonds is 6. The second kappa shape index (κ2) is 8.71. The van der Waals surface area contributed by atoms with E-state index < -0.39 is 0 Å². The van der Waals surface area contributed by atoms with E-state index in [4.69, 9.17) is 4.74 Å². The van der Waals surface area contributed by atoms with Gasteiger partial charge in [-0.25, -0.2) is 0 Å². The number of amides is 1. The highest BCUT2D eigenvalue weighted by Gasteiger charge is 2.28. The van der Waals surface area contributed by atoms with Gasteiger partial charge < -0.3 is 14.5 Å². The van der Waals surface area contributed by atoms with Gasteiger partial charge in [-0.2, -0.15) is 0 Å². The fourth-order valence-electron chi connectivity index (χ4n) is 3.16. The summed E-state index contributed by atoms with van der Waals surface area (Å²) in [7, 11) is 0. The number of ether oxygens (including phenoxy) is 1. The zero-order valence-corrected chi connectivity index (χ0v) is 15.0. The summed E-state index contributed by atoms with van der Waals surface area (Å²) >= 11 is 0. The summed E-state index contributed by atoms with van der Waals surface area (Å²) in [5.41, 5.74) is 1.85. The Hall–Kier alpha value is -2.04. The summed E-state index contributed by atoms with van der Waals surface area (Å²) in [5, 5.41) is 0. The van der Waals surface area contributed by atoms with E-state index in [-0.39, 0.29) is 17.8 Å². The van der Waals surface area contributed by atoms with Gasteiger partial charge in [0, 0.05) is 37.4 Å². The Bertz CT molecular complexity index is 544. The van der Waals surface area contributed by atoms with Crippen LogP contribution < -0.4 is 4.90 Å². The molecule has 5 heteroatoms. The first-order valence-corrected chi connectivity index (χ1v) is 8.91. The van der Waals surface area contributed by atoms with Gasteiger partial charge in [0.25, 0.3) is 5.91 Å². The first-order valence-electron chi connectivity index (χ1n) is 8.91. The topological polar surface area (TPSA) is 49.9 Å². The molecule has 0 bridgehead atoms. The molecular weight excluding hydrogens is 304 g/mol. The number of carbonyl (C=O) groups excluding carboxylic acids is 2. The van der Waals surface area contributed by atoms with Crippen LogP contribution in [0.2, 0.25) is 0 Å². The number of likely N-dealkylation sites (tertiary alicyclic amines) is 1. The van der Waals surface area contributed by atoms with Gasteiger partial charge in [-0.15, -0.1) is 0 Å². The molecule has 0 atom stereocenters. The molecule has 0 N–H and O–H groups in total. The van der Waals surface area contributed by atoms with E-state index in [1.165, 1.54) is 0 Å². The van der Waals surface area contributed by atoms with Crippen molar-refractivity contribution in [2.45, 2.75) is 33.6 Å². The standard InChI is InChI=1S/C19H28N2O3/c1-4-20(5-2)17-9-7-15(8-10-17)18(22)21-13-11-16(12-14-21)19(23)24-6-3/h7-10,16H,4-6,11-14H2,1-3H3. The molecule has 0 aromatic heterocycles. The Morgan fingerprint density at radius 1 is 1.08 bits per heavy atom. The van der Waals surface area contributed by atoms with E-state index >= 15 is 0 Å². The summed E-state index contributed by atoms with van der Waals surface area (Å²) < 4.78 is 5.07. The predicted molar refractivity (Wildman–Crippen MR) is 95.3 cm³/mol. The van der Waals surface area contributed by atoms with Gasteiger partial charge in [0.2, 0.25) is 0 Å². The normalized spacial score (nSPS) is 15.2. The minimum absolute atomic E-state index is 0.0448. The first kappa shape index (κ1) is 18.3. The van der Waals surface area contributed by atoms with Crippen LogP contribution in [0.1, 0.15) is 44.0 Å². The maximum atomic E-state index is 12.6. The van der Waals surface area contributed by atoms with Crippen LogP contribution in [0, 0.1) is 5.92 Å². The molecule has 132 valence electrons. The molecule has 5 nitrogen and oxygen atoms in total. The largest absolute Gasteiger partial charge is 0.466 e. The molecule has 0 saturated carbocycles. The Balaban J connectivity index is 1.94. The Kier molecular flexibility index (Phi) is 6.64. The SMILES string of the molecule is CCOC(=O)C1CCN(C(=O)c2ccc(N(CC)CC)cc2)CC1. The molecule has 2 rings (SSSR count). The molecule has 0 spiro atoms. The maximum absolute atomic E-state index is 12.6. The minimum atomic E-state index is -0.131. The highest BCUT2D eigenvalue weighted by molar-refractivity contribution is 5.94. The van der Waals surface area contributed by atoms with Gasteiger partial charge >= 0.3 is 5.97 Å². The van der Waals surface area contributed by atoms with Crippen molar-refractivity contribution in [2.24, 2.45) is 5.92 Å². The predicted octanol–water partition coefficient (Wildman–Crippen LogP) is 2.95. The van der Waals surface area contributed by atoms with Crippen molar-refractivity contribution in [1.29, 1.82) is 0 Å². The number of hydrogen-bond acceptors (Lipinski definition) is 4. The van der Waals surface area contributed by atoms with Crippen molar-refractivity contribution in [3.63, 3.8) is 0 Å². The summed E-state index contributed by atoms with van der Waals surface area (Å²) in [6.45, 7) is 9.60. The second-order valence-corrected chi connectivity index (χ2v) is 6.04. The van der Waals surface area contributed by atoms with Gasteiger partial charge in [-0.05, 0) is 57.9 Å². The van der Waals surface area contributed by atoms with Crippen LogP contribution in [0.4, 0.5) is 5.69 Å². The average Bonchev–Trinajstić information content (AvgIpc) is 2.63. The van der Waals surface area contributed by atoms with E-state index in [2.05, 4.69) is 18.7 Å². The quantitative estimate of drug-likeness (QED) is 0.752. The van der Waals surface area contributed by atoms with Crippen molar-refractivity contribution in [3.8, 4) is 0 Å². The molecule has 1 aromatic carbocycles. The third kappa shape index (κ3) is 4.28. The molecule has 1 heterocycles. The smallest absolute Gasteiger partial charge is 0.309 e. The molecule has 0 aliphatic carbocycles. The molecule has 1 amide bonds. The van der Waals surface area contributed by atoms with Crippen LogP contribution in [0.25, 0.3) is 0 Å². The minimum Gasteiger partial charge on any atom is -0.466 e. The van der Waals surface area contributed by atoms with Crippen LogP contribution >= 0.6 is 0 Å². The van der Waals surface area contributed by atoms with Crippen molar-refractivity contribution in [1.82, 2.24) is 4.90 Å². The van der Waals surface area contributed by atoms with Gasteiger partial charge in [0.15, 0.2) is 0 Å². The summed E-state index contributed by atoms with van der Waals surface area (Å²) in [6.07, 6.45) is 1.37. The molecule has 1 aromatic rings. The second-order valence-electron chi connectivity index (χ2n) is 6.04. The summed E-state index contributed by atoms with van der Waals surface area (Å²) in [4.78, 5) is 28.5. The van der Waals surface area contributed by atoms with E-state index in [1.807, 2.05) is 36.1 Å². The van der Waals surface area contributed by atoms with Crippen LogP contribution in [0.5, 0.6) is 0 Å². The zero-order chi connectivity index (χ0) is 17.5. The molecule has 0 unspecified atom stereocenters. The zero-order valence-electron chi connectivity index (χ0n) is 15.0. The number of benzene rings is 1. The monoisotopic (exact) mass is 332 g/mol. The van der Waals surface area contributed by atoms with Crippen molar-refractivity contribution < 1.29 is 14.3 Å². The van der Waals surface area contributed by atoms with E-state index in [9.17, 15) is 9.59 Å². The molecule has 24 heavy (non-hydrogen) atoms. The third-order valence-electron chi connectivity index (χ3n) is 4.64. The van der Waals surface area contributed by atoms with Crippen molar-refractivity contribution in [3.05, 3.63) is 29.8 Å². The number of nitrogens with zero attached hydrogens (tertiary/aromatic N) is 2. The third-order valence-corrected chi connectivity index (χ3v) is 4.64. The molecule has 1 aliphatic rings. The lowest BCUT2D eigenvalue weighted by molar-refractivity contribution is -0.149. The van der Waals surface area contributed by atoms with Crippen molar-refractivity contribution in [2.75, 3.05) is 37.7 Å². The average molecular weight is 332 g/mol. The Morgan fingerprint density at radius 3 is 2.17 bits per heavy atom. The highest BCUT2D eigenvalue weighted by Crippen LogP contribution is 2.21. The van der Waals surface area contributed by atoms with E-state index in [0.717, 1.165) is 18.8 Å². The first-order chi connectivity index (χ1) is 11.6.